The Labute approximate surface area is 99.3 Å². The highest BCUT2D eigenvalue weighted by atomic mass is 17.2. The van der Waals surface area contributed by atoms with Crippen LogP contribution in [0, 0.1) is 11.8 Å². The summed E-state index contributed by atoms with van der Waals surface area (Å²) in [5.41, 5.74) is 0.937. The lowest BCUT2D eigenvalue weighted by Crippen LogP contribution is -2.31. The van der Waals surface area contributed by atoms with E-state index in [4.69, 9.17) is 9.78 Å². The molecule has 0 aromatic carbocycles. The van der Waals surface area contributed by atoms with Crippen LogP contribution in [0.15, 0.2) is 24.3 Å². The second-order valence-electron chi connectivity index (χ2n) is 5.76. The average molecular weight is 224 g/mol. The van der Waals surface area contributed by atoms with Crippen LogP contribution in [-0.4, -0.2) is 11.7 Å². The van der Waals surface area contributed by atoms with Crippen LogP contribution < -0.4 is 0 Å². The first kappa shape index (κ1) is 13.5. The zero-order chi connectivity index (χ0) is 12.3. The second kappa shape index (κ2) is 5.15. The first-order valence-electron chi connectivity index (χ1n) is 5.98. The van der Waals surface area contributed by atoms with Gasteiger partial charge in [-0.2, -0.15) is 0 Å². The van der Waals surface area contributed by atoms with Crippen molar-refractivity contribution >= 4 is 0 Å². The molecule has 0 aromatic heterocycles. The third-order valence-corrected chi connectivity index (χ3v) is 2.77. The fourth-order valence-corrected chi connectivity index (χ4v) is 1.68. The second-order valence-corrected chi connectivity index (χ2v) is 5.76. The molecule has 3 atom stereocenters. The average Bonchev–Trinajstić information content (AvgIpc) is 2.14. The molecular formula is C14H24O2. The van der Waals surface area contributed by atoms with E-state index in [1.807, 2.05) is 20.8 Å². The van der Waals surface area contributed by atoms with Crippen LogP contribution in [0.3, 0.4) is 0 Å². The van der Waals surface area contributed by atoms with Crippen molar-refractivity contribution in [2.75, 3.05) is 0 Å². The Morgan fingerprint density at radius 3 is 2.44 bits per heavy atom. The van der Waals surface area contributed by atoms with Gasteiger partial charge in [0.15, 0.2) is 0 Å². The first-order valence-corrected chi connectivity index (χ1v) is 5.98. The Balaban J connectivity index is 2.54. The summed E-state index contributed by atoms with van der Waals surface area (Å²) in [5.74, 6) is 0.822. The molecule has 2 heteroatoms. The molecule has 0 fully saturated rings. The zero-order valence-corrected chi connectivity index (χ0v) is 11.1. The van der Waals surface area contributed by atoms with Crippen LogP contribution in [0.2, 0.25) is 0 Å². The molecule has 0 N–H and O–H groups in total. The third kappa shape index (κ3) is 4.11. The standard InChI is InChI=1S/C14H24O2/c1-10(2)12-8-7-11(3)13(9-12)15-16-14(4,5)6/h7-8,11-13H,1,9H2,2-6H3/t11?,12-,13-/m1/s1. The molecule has 0 spiro atoms. The van der Waals surface area contributed by atoms with E-state index in [1.54, 1.807) is 0 Å². The largest absolute Gasteiger partial charge is 0.232 e. The van der Waals surface area contributed by atoms with Gasteiger partial charge in [-0.3, -0.25) is 0 Å². The van der Waals surface area contributed by atoms with Gasteiger partial charge in [-0.15, -0.1) is 0 Å². The molecule has 0 saturated carbocycles. The molecule has 0 saturated heterocycles. The van der Waals surface area contributed by atoms with Crippen molar-refractivity contribution in [3.63, 3.8) is 0 Å². The molecule has 1 aliphatic rings. The van der Waals surface area contributed by atoms with Gasteiger partial charge in [0, 0.05) is 5.92 Å². The molecule has 92 valence electrons. The summed E-state index contributed by atoms with van der Waals surface area (Å²) < 4.78 is 0. The number of hydrogen-bond donors (Lipinski definition) is 0. The fraction of sp³-hybridized carbons (Fsp3) is 0.714. The Bertz CT molecular complexity index is 273. The minimum Gasteiger partial charge on any atom is -0.232 e. The van der Waals surface area contributed by atoms with E-state index in [1.165, 1.54) is 5.57 Å². The van der Waals surface area contributed by atoms with Gasteiger partial charge in [-0.05, 0) is 40.0 Å². The summed E-state index contributed by atoms with van der Waals surface area (Å²) in [6.45, 7) is 14.2. The lowest BCUT2D eigenvalue weighted by atomic mass is 9.84. The number of rotatable bonds is 3. The molecule has 1 rings (SSSR count). The highest BCUT2D eigenvalue weighted by molar-refractivity contribution is 5.12. The van der Waals surface area contributed by atoms with Crippen LogP contribution >= 0.6 is 0 Å². The minimum absolute atomic E-state index is 0.130. The maximum Gasteiger partial charge on any atom is 0.0998 e. The molecule has 0 aromatic rings. The van der Waals surface area contributed by atoms with Gasteiger partial charge in [-0.25, -0.2) is 9.78 Å². The van der Waals surface area contributed by atoms with Gasteiger partial charge in [0.2, 0.25) is 0 Å². The van der Waals surface area contributed by atoms with Crippen molar-refractivity contribution in [3.8, 4) is 0 Å². The first-order chi connectivity index (χ1) is 7.29. The highest BCUT2D eigenvalue weighted by Crippen LogP contribution is 2.29. The van der Waals surface area contributed by atoms with Crippen LogP contribution in [0.4, 0.5) is 0 Å². The fourth-order valence-electron chi connectivity index (χ4n) is 1.68. The maximum atomic E-state index is 5.55. The summed E-state index contributed by atoms with van der Waals surface area (Å²) in [5, 5.41) is 0. The Hall–Kier alpha value is -0.600. The summed E-state index contributed by atoms with van der Waals surface area (Å²) in [7, 11) is 0. The Kier molecular flexibility index (Phi) is 4.34. The summed E-state index contributed by atoms with van der Waals surface area (Å²) in [4.78, 5) is 11.0. The minimum atomic E-state index is -0.250. The molecule has 0 amide bonds. The van der Waals surface area contributed by atoms with Crippen LogP contribution in [0.25, 0.3) is 0 Å². The van der Waals surface area contributed by atoms with Gasteiger partial charge in [0.05, 0.1) is 11.7 Å². The molecule has 1 aliphatic carbocycles. The van der Waals surface area contributed by atoms with Crippen molar-refractivity contribution in [2.24, 2.45) is 11.8 Å². The molecule has 0 heterocycles. The maximum absolute atomic E-state index is 5.55. The molecule has 1 unspecified atom stereocenters. The van der Waals surface area contributed by atoms with E-state index < -0.39 is 0 Å². The van der Waals surface area contributed by atoms with Crippen molar-refractivity contribution in [1.29, 1.82) is 0 Å². The molecular weight excluding hydrogens is 200 g/mol. The van der Waals surface area contributed by atoms with Gasteiger partial charge in [0.25, 0.3) is 0 Å². The van der Waals surface area contributed by atoms with Crippen molar-refractivity contribution in [1.82, 2.24) is 0 Å². The van der Waals surface area contributed by atoms with E-state index in [9.17, 15) is 0 Å². The monoisotopic (exact) mass is 224 g/mol. The lowest BCUT2D eigenvalue weighted by Gasteiger charge is -2.31. The van der Waals surface area contributed by atoms with Gasteiger partial charge >= 0.3 is 0 Å². The number of hydrogen-bond acceptors (Lipinski definition) is 2. The molecule has 16 heavy (non-hydrogen) atoms. The predicted octanol–water partition coefficient (Wildman–Crippen LogP) is 3.89. The number of allylic oxidation sites excluding steroid dienone is 2. The third-order valence-electron chi connectivity index (χ3n) is 2.77. The zero-order valence-electron chi connectivity index (χ0n) is 11.1. The lowest BCUT2D eigenvalue weighted by molar-refractivity contribution is -0.379. The summed E-state index contributed by atoms with van der Waals surface area (Å²) in [6, 6.07) is 0. The predicted molar refractivity (Wildman–Crippen MR) is 66.9 cm³/mol. The van der Waals surface area contributed by atoms with Gasteiger partial charge in [0.1, 0.15) is 0 Å². The quantitative estimate of drug-likeness (QED) is 0.411. The van der Waals surface area contributed by atoms with Crippen LogP contribution in [0.5, 0.6) is 0 Å². The Morgan fingerprint density at radius 1 is 1.31 bits per heavy atom. The van der Waals surface area contributed by atoms with E-state index in [2.05, 4.69) is 32.6 Å². The van der Waals surface area contributed by atoms with E-state index >= 15 is 0 Å². The normalized spacial score (nSPS) is 30.4. The SMILES string of the molecule is C=C(C)[C@@H]1C=CC(C)[C@H](OOC(C)(C)C)C1. The van der Waals surface area contributed by atoms with Gasteiger partial charge < -0.3 is 0 Å². The summed E-state index contributed by atoms with van der Waals surface area (Å²) in [6.07, 6.45) is 5.51. The molecule has 2 nitrogen and oxygen atoms in total. The molecule has 0 radical (unpaired) electrons. The smallest absolute Gasteiger partial charge is 0.0998 e. The Morgan fingerprint density at radius 2 is 1.94 bits per heavy atom. The van der Waals surface area contributed by atoms with Crippen molar-refractivity contribution in [3.05, 3.63) is 24.3 Å². The van der Waals surface area contributed by atoms with E-state index in [0.717, 1.165) is 6.42 Å². The van der Waals surface area contributed by atoms with Gasteiger partial charge in [-0.1, -0.05) is 31.2 Å². The molecule has 0 bridgehead atoms. The van der Waals surface area contributed by atoms with Crippen molar-refractivity contribution < 1.29 is 9.78 Å². The van der Waals surface area contributed by atoms with Crippen LogP contribution in [0.1, 0.15) is 41.0 Å². The van der Waals surface area contributed by atoms with E-state index in [0.29, 0.717) is 11.8 Å². The summed E-state index contributed by atoms with van der Waals surface area (Å²) >= 11 is 0. The van der Waals surface area contributed by atoms with Crippen LogP contribution in [-0.2, 0) is 9.78 Å². The topological polar surface area (TPSA) is 18.5 Å². The van der Waals surface area contributed by atoms with E-state index in [-0.39, 0.29) is 11.7 Å². The highest BCUT2D eigenvalue weighted by Gasteiger charge is 2.27. The molecule has 0 aliphatic heterocycles. The van der Waals surface area contributed by atoms with Crippen molar-refractivity contribution in [2.45, 2.75) is 52.7 Å².